The predicted octanol–water partition coefficient (Wildman–Crippen LogP) is 2.33. The molecule has 2 aliphatic rings. The molecule has 2 aromatic carbocycles. The van der Waals surface area contributed by atoms with Crippen molar-refractivity contribution >= 4 is 47.3 Å². The molecule has 3 N–H and O–H groups in total. The smallest absolute Gasteiger partial charge is 0.319 e. The molecule has 1 unspecified atom stereocenters. The van der Waals surface area contributed by atoms with Crippen LogP contribution < -0.4 is 16.0 Å². The van der Waals surface area contributed by atoms with Crippen molar-refractivity contribution in [3.63, 3.8) is 0 Å². The molecule has 0 radical (unpaired) electrons. The number of nitrogens with zero attached hydrogens (tertiary/aromatic N) is 1. The maximum atomic E-state index is 13.0. The summed E-state index contributed by atoms with van der Waals surface area (Å²) in [5.41, 5.74) is 3.49. The van der Waals surface area contributed by atoms with E-state index in [2.05, 4.69) is 16.0 Å². The second kappa shape index (κ2) is 31.7. The number of amides is 5. The minimum atomic E-state index is -0.686. The van der Waals surface area contributed by atoms with Gasteiger partial charge < -0.3 is 67.7 Å². The average Bonchev–Trinajstić information content (AvgIpc) is 3.59. The van der Waals surface area contributed by atoms with Crippen molar-refractivity contribution in [2.75, 3.05) is 137 Å². The van der Waals surface area contributed by atoms with Gasteiger partial charge in [0.15, 0.2) is 0 Å². The van der Waals surface area contributed by atoms with Crippen LogP contribution in [0.25, 0.3) is 0 Å². The van der Waals surface area contributed by atoms with E-state index in [-0.39, 0.29) is 37.9 Å². The van der Waals surface area contributed by atoms with Gasteiger partial charge in [-0.15, -0.1) is 0 Å². The predicted molar refractivity (Wildman–Crippen MR) is 228 cm³/mol. The first-order valence-corrected chi connectivity index (χ1v) is 21.5. The maximum Gasteiger partial charge on any atom is 0.319 e. The Hall–Kier alpha value is -4.12. The number of hydrogen-bond donors (Lipinski definition) is 3. The number of imide groups is 1. The number of halogens is 1. The highest BCUT2D eigenvalue weighted by atomic mass is 35.5. The number of anilines is 1. The number of piperidine rings is 1. The van der Waals surface area contributed by atoms with Gasteiger partial charge in [-0.05, 0) is 53.8 Å². The normalized spacial score (nSPS) is 14.8. The summed E-state index contributed by atoms with van der Waals surface area (Å²) in [6.45, 7) is 9.09. The van der Waals surface area contributed by atoms with Crippen LogP contribution in [0.15, 0.2) is 36.4 Å². The molecule has 2 aromatic rings. The molecule has 0 bridgehead atoms. The molecular weight excluding hydrogens is 848 g/mol. The van der Waals surface area contributed by atoms with Crippen LogP contribution in [-0.2, 0) is 81.3 Å². The number of benzene rings is 2. The van der Waals surface area contributed by atoms with Gasteiger partial charge in [-0.1, -0.05) is 23.7 Å². The Balaban J connectivity index is 0.903. The number of carbonyl (C=O) groups is 5. The highest BCUT2D eigenvalue weighted by Gasteiger charge is 2.39. The molecule has 19 nitrogen and oxygen atoms in total. The maximum absolute atomic E-state index is 13.0. The van der Waals surface area contributed by atoms with Gasteiger partial charge in [-0.2, -0.15) is 0 Å². The highest BCUT2D eigenvalue weighted by Crippen LogP contribution is 2.28. The molecule has 2 heterocycles. The van der Waals surface area contributed by atoms with Crippen molar-refractivity contribution in [1.29, 1.82) is 0 Å². The summed E-state index contributed by atoms with van der Waals surface area (Å²) in [4.78, 5) is 61.2. The minimum Gasteiger partial charge on any atom is -0.379 e. The number of fused-ring (bicyclic) bond motifs is 1. The van der Waals surface area contributed by atoms with Gasteiger partial charge in [0.05, 0.1) is 126 Å². The molecule has 0 aliphatic carbocycles. The summed E-state index contributed by atoms with van der Waals surface area (Å²) >= 11 is 6.33. The van der Waals surface area contributed by atoms with Crippen LogP contribution in [0.3, 0.4) is 0 Å². The summed E-state index contributed by atoms with van der Waals surface area (Å²) in [6.07, 6.45) is 1.77. The monoisotopic (exact) mass is 908 g/mol. The van der Waals surface area contributed by atoms with E-state index in [1.54, 1.807) is 18.2 Å². The highest BCUT2D eigenvalue weighted by molar-refractivity contribution is 6.31. The first kappa shape index (κ1) is 51.5. The van der Waals surface area contributed by atoms with Crippen molar-refractivity contribution in [1.82, 2.24) is 15.5 Å². The molecule has 0 spiro atoms. The average molecular weight is 909 g/mol. The lowest BCUT2D eigenvalue weighted by atomic mass is 10.0. The summed E-state index contributed by atoms with van der Waals surface area (Å²) < 4.78 is 54.4. The van der Waals surface area contributed by atoms with E-state index in [9.17, 15) is 24.0 Å². The number of ether oxygens (including phenoxy) is 10. The van der Waals surface area contributed by atoms with E-state index in [0.717, 1.165) is 16.7 Å². The molecular formula is C43H61ClN4O15. The Morgan fingerprint density at radius 2 is 1.17 bits per heavy atom. The van der Waals surface area contributed by atoms with Crippen molar-refractivity contribution in [2.45, 2.75) is 38.4 Å². The third-order valence-corrected chi connectivity index (χ3v) is 9.54. The van der Waals surface area contributed by atoms with E-state index in [1.807, 2.05) is 18.2 Å². The molecule has 1 atom stereocenters. The molecule has 4 rings (SSSR count). The number of aldehydes is 1. The fourth-order valence-electron chi connectivity index (χ4n) is 6.26. The van der Waals surface area contributed by atoms with E-state index < -0.39 is 18.0 Å². The lowest BCUT2D eigenvalue weighted by molar-refractivity contribution is -0.137. The molecule has 20 heteroatoms. The fourth-order valence-corrected chi connectivity index (χ4v) is 6.52. The summed E-state index contributed by atoms with van der Waals surface area (Å²) in [6, 6.07) is 9.50. The van der Waals surface area contributed by atoms with Crippen molar-refractivity contribution in [3.8, 4) is 0 Å². The van der Waals surface area contributed by atoms with Gasteiger partial charge in [-0.25, -0.2) is 4.79 Å². The van der Waals surface area contributed by atoms with Crippen molar-refractivity contribution < 1.29 is 71.3 Å². The molecule has 350 valence electrons. The summed E-state index contributed by atoms with van der Waals surface area (Å²) in [7, 11) is 0. The molecule has 5 amide bonds. The van der Waals surface area contributed by atoms with E-state index >= 15 is 0 Å². The fraction of sp³-hybridized carbons (Fsp3) is 0.605. The molecule has 2 aliphatic heterocycles. The quantitative estimate of drug-likeness (QED) is 0.0508. The largest absolute Gasteiger partial charge is 0.379 e. The third-order valence-electron chi connectivity index (χ3n) is 9.33. The number of hydrogen-bond acceptors (Lipinski definition) is 15. The third kappa shape index (κ3) is 21.4. The van der Waals surface area contributed by atoms with E-state index in [1.165, 1.54) is 4.90 Å². The standard InChI is InChI=1S/C43H61ClN4O15/c44-36-28-33(29-37(30-36)46-43(53)45-31-34-1-2-38-35(27-34)32-48(42(38)52)39-3-4-40(50)47-41(39)51)5-7-54-9-11-56-13-15-58-17-19-60-21-23-62-25-26-63-24-22-61-20-18-59-16-14-57-12-10-55-8-6-49/h1-2,6,27-30,39H,3-5,7-26,31-32H2,(H2,45,46,53)(H,47,50,51). The first-order valence-electron chi connectivity index (χ1n) is 21.2. The van der Waals surface area contributed by atoms with E-state index in [0.29, 0.717) is 161 Å². The Bertz CT molecular complexity index is 1690. The molecule has 0 saturated carbocycles. The van der Waals surface area contributed by atoms with Gasteiger partial charge in [0, 0.05) is 35.8 Å². The van der Waals surface area contributed by atoms with E-state index in [4.69, 9.17) is 59.0 Å². The Morgan fingerprint density at radius 3 is 1.68 bits per heavy atom. The molecule has 63 heavy (non-hydrogen) atoms. The van der Waals surface area contributed by atoms with Crippen LogP contribution in [0, 0.1) is 0 Å². The summed E-state index contributed by atoms with van der Waals surface area (Å²) in [5, 5.41) is 8.42. The van der Waals surface area contributed by atoms with Crippen LogP contribution >= 0.6 is 11.6 Å². The molecule has 1 saturated heterocycles. The lowest BCUT2D eigenvalue weighted by Gasteiger charge is -2.29. The van der Waals surface area contributed by atoms with Crippen LogP contribution in [0.2, 0.25) is 5.02 Å². The lowest BCUT2D eigenvalue weighted by Crippen LogP contribution is -2.52. The zero-order valence-electron chi connectivity index (χ0n) is 35.7. The SMILES string of the molecule is O=CCOCCOCCOCCOCCOCCOCCOCCOCCOCCOCCc1cc(Cl)cc(NC(=O)NCc2ccc3c(c2)CN(C2CCC(=O)NC2=O)C3=O)c1. The minimum absolute atomic E-state index is 0.0853. The van der Waals surface area contributed by atoms with Gasteiger partial charge in [-0.3, -0.25) is 19.7 Å². The zero-order valence-corrected chi connectivity index (χ0v) is 36.5. The topological polar surface area (TPSA) is 217 Å². The van der Waals surface area contributed by atoms with Crippen LogP contribution in [0.5, 0.6) is 0 Å². The number of rotatable bonds is 36. The molecule has 1 fully saturated rings. The Morgan fingerprint density at radius 1 is 0.667 bits per heavy atom. The number of carbonyl (C=O) groups excluding carboxylic acids is 5. The number of nitrogens with one attached hydrogen (secondary N) is 3. The number of urea groups is 1. The Kier molecular flexibility index (Phi) is 25.9. The van der Waals surface area contributed by atoms with Gasteiger partial charge >= 0.3 is 6.03 Å². The second-order valence-electron chi connectivity index (χ2n) is 14.1. The van der Waals surface area contributed by atoms with Crippen molar-refractivity contribution in [3.05, 3.63) is 63.7 Å². The van der Waals surface area contributed by atoms with Gasteiger partial charge in [0.1, 0.15) is 18.9 Å². The zero-order chi connectivity index (χ0) is 44.7. The summed E-state index contributed by atoms with van der Waals surface area (Å²) in [5.74, 6) is -1.04. The second-order valence-corrected chi connectivity index (χ2v) is 14.5. The van der Waals surface area contributed by atoms with Crippen molar-refractivity contribution in [2.24, 2.45) is 0 Å². The first-order chi connectivity index (χ1) is 30.8. The van der Waals surface area contributed by atoms with Crippen LogP contribution in [-0.4, -0.2) is 173 Å². The van der Waals surface area contributed by atoms with Gasteiger partial charge in [0.25, 0.3) is 5.91 Å². The molecule has 0 aromatic heterocycles. The van der Waals surface area contributed by atoms with Crippen LogP contribution in [0.1, 0.15) is 39.9 Å². The van der Waals surface area contributed by atoms with Gasteiger partial charge in [0.2, 0.25) is 11.8 Å². The van der Waals surface area contributed by atoms with Crippen LogP contribution in [0.4, 0.5) is 10.5 Å². The Labute approximate surface area is 372 Å².